The van der Waals surface area contributed by atoms with Crippen LogP contribution >= 0.6 is 0 Å². The van der Waals surface area contributed by atoms with Crippen molar-refractivity contribution in [1.29, 1.82) is 0 Å². The van der Waals surface area contributed by atoms with Crippen LogP contribution in [0.25, 0.3) is 0 Å². The van der Waals surface area contributed by atoms with Crippen LogP contribution in [0.15, 0.2) is 21.9 Å². The number of aromatic amines is 1. The van der Waals surface area contributed by atoms with Gasteiger partial charge in [-0.2, -0.15) is 0 Å². The number of H-pyrrole nitrogens is 1. The van der Waals surface area contributed by atoms with Gasteiger partial charge >= 0.3 is 5.69 Å². The average molecular weight is 323 g/mol. The summed E-state index contributed by atoms with van der Waals surface area (Å²) in [6.07, 6.45) is 4.65. The summed E-state index contributed by atoms with van der Waals surface area (Å²) in [4.78, 5) is 27.4. The molecule has 1 aliphatic heterocycles. The number of likely N-dealkylation sites (N-methyl/N-ethyl adjacent to an activating group) is 1. The third-order valence-corrected chi connectivity index (χ3v) is 3.59. The Balaban J connectivity index is 2.34. The molecule has 8 heteroatoms. The molecule has 0 bridgehead atoms. The first-order chi connectivity index (χ1) is 11.0. The van der Waals surface area contributed by atoms with Gasteiger partial charge in [0.05, 0.1) is 0 Å². The molecule has 23 heavy (non-hydrogen) atoms. The number of nitrogens with one attached hydrogen (secondary N) is 1. The normalized spacial score (nSPS) is 27.3. The molecular weight excluding hydrogens is 302 g/mol. The van der Waals surface area contributed by atoms with Gasteiger partial charge in [0, 0.05) is 25.9 Å². The quantitative estimate of drug-likeness (QED) is 0.678. The first-order valence-electron chi connectivity index (χ1n) is 7.17. The highest BCUT2D eigenvalue weighted by Crippen LogP contribution is 2.32. The van der Waals surface area contributed by atoms with Crippen LogP contribution in [0.2, 0.25) is 0 Å². The second-order valence-electron chi connectivity index (χ2n) is 5.52. The predicted molar refractivity (Wildman–Crippen MR) is 83.2 cm³/mol. The third-order valence-electron chi connectivity index (χ3n) is 3.59. The van der Waals surface area contributed by atoms with Gasteiger partial charge < -0.3 is 19.1 Å². The van der Waals surface area contributed by atoms with Gasteiger partial charge in [-0.25, -0.2) is 4.79 Å². The Kier molecular flexibility index (Phi) is 5.74. The fraction of sp³-hybridized carbons (Fsp3) is 0.600. The molecule has 1 aliphatic rings. The molecule has 0 radical (unpaired) electrons. The fourth-order valence-corrected chi connectivity index (χ4v) is 2.66. The molecule has 0 aliphatic carbocycles. The lowest BCUT2D eigenvalue weighted by atomic mass is 10.1. The van der Waals surface area contributed by atoms with E-state index in [1.807, 2.05) is 19.0 Å². The topological polar surface area (TPSA) is 85.8 Å². The first kappa shape index (κ1) is 17.4. The van der Waals surface area contributed by atoms with Crippen molar-refractivity contribution in [1.82, 2.24) is 14.5 Å². The molecule has 0 spiro atoms. The highest BCUT2D eigenvalue weighted by Gasteiger charge is 2.47. The SMILES string of the molecule is C#CCO[C@H]1[C@@H](OC)[C@H](n2ccc(=O)[nH]c2=O)O[C@@H]1CN(C)C. The summed E-state index contributed by atoms with van der Waals surface area (Å²) in [6, 6.07) is 1.26. The van der Waals surface area contributed by atoms with E-state index in [4.69, 9.17) is 20.6 Å². The van der Waals surface area contributed by atoms with E-state index in [9.17, 15) is 9.59 Å². The maximum Gasteiger partial charge on any atom is 0.330 e. The number of aromatic nitrogens is 2. The fourth-order valence-electron chi connectivity index (χ4n) is 2.66. The van der Waals surface area contributed by atoms with E-state index in [1.165, 1.54) is 23.9 Å². The number of hydrogen-bond donors (Lipinski definition) is 1. The van der Waals surface area contributed by atoms with Crippen molar-refractivity contribution in [3.63, 3.8) is 0 Å². The van der Waals surface area contributed by atoms with E-state index in [0.717, 1.165) is 0 Å². The molecule has 8 nitrogen and oxygen atoms in total. The van der Waals surface area contributed by atoms with E-state index in [2.05, 4.69) is 10.9 Å². The zero-order chi connectivity index (χ0) is 17.0. The van der Waals surface area contributed by atoms with Crippen molar-refractivity contribution >= 4 is 0 Å². The molecule has 2 rings (SSSR count). The van der Waals surface area contributed by atoms with Gasteiger partial charge in [0.15, 0.2) is 6.23 Å². The largest absolute Gasteiger partial charge is 0.374 e. The van der Waals surface area contributed by atoms with Crippen molar-refractivity contribution < 1.29 is 14.2 Å². The van der Waals surface area contributed by atoms with Crippen LogP contribution in [0.3, 0.4) is 0 Å². The molecule has 126 valence electrons. The van der Waals surface area contributed by atoms with Crippen LogP contribution < -0.4 is 11.2 Å². The van der Waals surface area contributed by atoms with Crippen molar-refractivity contribution in [2.45, 2.75) is 24.5 Å². The number of terminal acetylenes is 1. The summed E-state index contributed by atoms with van der Waals surface area (Å²) >= 11 is 0. The van der Waals surface area contributed by atoms with E-state index in [-0.39, 0.29) is 12.7 Å². The summed E-state index contributed by atoms with van der Waals surface area (Å²) in [5, 5.41) is 0. The third kappa shape index (κ3) is 3.89. The molecular formula is C15H21N3O5. The molecule has 0 unspecified atom stereocenters. The van der Waals surface area contributed by atoms with Crippen LogP contribution in [-0.4, -0.2) is 67.1 Å². The highest BCUT2D eigenvalue weighted by molar-refractivity contribution is 4.96. The van der Waals surface area contributed by atoms with Crippen molar-refractivity contribution in [2.24, 2.45) is 0 Å². The molecule has 1 aromatic rings. The lowest BCUT2D eigenvalue weighted by Gasteiger charge is -2.24. The standard InChI is InChI=1S/C15H21N3O5/c1-5-8-22-12-10(9-17(2)3)23-14(13(12)21-4)18-7-6-11(19)16-15(18)20/h1,6-7,10,12-14H,8-9H2,2-4H3,(H,16,19,20)/t10-,12-,13-,14-/m1/s1. The molecule has 2 heterocycles. The lowest BCUT2D eigenvalue weighted by Crippen LogP contribution is -2.41. The minimum atomic E-state index is -0.711. The summed E-state index contributed by atoms with van der Waals surface area (Å²) in [5.41, 5.74) is -1.03. The van der Waals surface area contributed by atoms with Gasteiger partial charge in [0.1, 0.15) is 24.9 Å². The van der Waals surface area contributed by atoms with E-state index in [0.29, 0.717) is 6.54 Å². The van der Waals surface area contributed by atoms with Gasteiger partial charge in [-0.15, -0.1) is 6.42 Å². The highest BCUT2D eigenvalue weighted by atomic mass is 16.6. The van der Waals surface area contributed by atoms with E-state index in [1.54, 1.807) is 0 Å². The van der Waals surface area contributed by atoms with Crippen LogP contribution in [0.5, 0.6) is 0 Å². The Bertz CT molecular complexity index is 675. The zero-order valence-electron chi connectivity index (χ0n) is 13.4. The van der Waals surface area contributed by atoms with Gasteiger partial charge in [-0.3, -0.25) is 14.3 Å². The second kappa shape index (κ2) is 7.57. The summed E-state index contributed by atoms with van der Waals surface area (Å²) in [6.45, 7) is 0.689. The molecule has 1 N–H and O–H groups in total. The van der Waals surface area contributed by atoms with Crippen LogP contribution in [0.1, 0.15) is 6.23 Å². The maximum absolute atomic E-state index is 12.0. The monoisotopic (exact) mass is 323 g/mol. The number of methoxy groups -OCH3 is 1. The van der Waals surface area contributed by atoms with Crippen molar-refractivity contribution in [3.8, 4) is 12.3 Å². The first-order valence-corrected chi connectivity index (χ1v) is 7.17. The number of nitrogens with zero attached hydrogens (tertiary/aromatic N) is 2. The number of ether oxygens (including phenoxy) is 3. The minimum Gasteiger partial charge on any atom is -0.374 e. The van der Waals surface area contributed by atoms with Gasteiger partial charge in [-0.05, 0) is 14.1 Å². The summed E-state index contributed by atoms with van der Waals surface area (Å²) in [5.74, 6) is 2.42. The van der Waals surface area contributed by atoms with Gasteiger partial charge in [0.25, 0.3) is 5.56 Å². The van der Waals surface area contributed by atoms with Crippen LogP contribution in [-0.2, 0) is 14.2 Å². The molecule has 0 saturated carbocycles. The lowest BCUT2D eigenvalue weighted by molar-refractivity contribution is -0.0584. The Morgan fingerprint density at radius 2 is 2.17 bits per heavy atom. The smallest absolute Gasteiger partial charge is 0.330 e. The molecule has 0 aromatic carbocycles. The van der Waals surface area contributed by atoms with Crippen LogP contribution in [0.4, 0.5) is 0 Å². The number of rotatable bonds is 6. The predicted octanol–water partition coefficient (Wildman–Crippen LogP) is -0.971. The average Bonchev–Trinajstić information content (AvgIpc) is 2.81. The summed E-state index contributed by atoms with van der Waals surface area (Å²) in [7, 11) is 5.33. The van der Waals surface area contributed by atoms with Crippen molar-refractivity contribution in [3.05, 3.63) is 33.1 Å². The van der Waals surface area contributed by atoms with Gasteiger partial charge in [-0.1, -0.05) is 5.92 Å². The van der Waals surface area contributed by atoms with Crippen LogP contribution in [0, 0.1) is 12.3 Å². The Hall–Kier alpha value is -1.92. The Morgan fingerprint density at radius 1 is 1.43 bits per heavy atom. The van der Waals surface area contributed by atoms with E-state index >= 15 is 0 Å². The molecule has 4 atom stereocenters. The molecule has 1 saturated heterocycles. The molecule has 1 fully saturated rings. The van der Waals surface area contributed by atoms with Gasteiger partial charge in [0.2, 0.25) is 0 Å². The minimum absolute atomic E-state index is 0.116. The second-order valence-corrected chi connectivity index (χ2v) is 5.52. The van der Waals surface area contributed by atoms with E-state index < -0.39 is 29.7 Å². The number of hydrogen-bond acceptors (Lipinski definition) is 6. The Labute approximate surface area is 134 Å². The Morgan fingerprint density at radius 3 is 2.74 bits per heavy atom. The summed E-state index contributed by atoms with van der Waals surface area (Å²) < 4.78 is 18.4. The molecule has 1 aromatic heterocycles. The van der Waals surface area contributed by atoms with Crippen molar-refractivity contribution in [2.75, 3.05) is 34.4 Å². The molecule has 0 amide bonds. The zero-order valence-corrected chi connectivity index (χ0v) is 13.4. The maximum atomic E-state index is 12.0.